The number of hydrogen-bond donors (Lipinski definition) is 1. The molecule has 0 heterocycles. The Kier molecular flexibility index (Phi) is 11.3. The van der Waals surface area contributed by atoms with Gasteiger partial charge in [-0.05, 0) is 67.8 Å². The molecule has 11 heteroatoms. The van der Waals surface area contributed by atoms with Crippen LogP contribution in [0, 0.1) is 0 Å². The van der Waals surface area contributed by atoms with Crippen molar-refractivity contribution in [3.63, 3.8) is 0 Å². The van der Waals surface area contributed by atoms with Gasteiger partial charge in [0, 0.05) is 22.6 Å². The highest BCUT2D eigenvalue weighted by atomic mass is 35.5. The van der Waals surface area contributed by atoms with Crippen LogP contribution in [0.3, 0.4) is 0 Å². The Morgan fingerprint density at radius 2 is 1.50 bits per heavy atom. The minimum absolute atomic E-state index is 0.0142. The fraction of sp³-hybridized carbons (Fsp3) is 0.310. The van der Waals surface area contributed by atoms with Gasteiger partial charge in [-0.15, -0.1) is 0 Å². The van der Waals surface area contributed by atoms with Gasteiger partial charge in [0.25, 0.3) is 10.0 Å². The van der Waals surface area contributed by atoms with Crippen molar-refractivity contribution in [2.24, 2.45) is 0 Å². The largest absolute Gasteiger partial charge is 0.352 e. The number of halogens is 3. The average Bonchev–Trinajstić information content (AvgIpc) is 2.93. The second-order valence-electron chi connectivity index (χ2n) is 9.31. The van der Waals surface area contributed by atoms with Crippen LogP contribution in [0.15, 0.2) is 77.7 Å². The summed E-state index contributed by atoms with van der Waals surface area (Å²) in [5, 5.41) is 3.85. The van der Waals surface area contributed by atoms with Crippen LogP contribution in [0.25, 0.3) is 0 Å². The Morgan fingerprint density at radius 1 is 0.875 bits per heavy atom. The molecule has 0 saturated carbocycles. The van der Waals surface area contributed by atoms with E-state index in [1.54, 1.807) is 49.4 Å². The first-order chi connectivity index (χ1) is 19.0. The van der Waals surface area contributed by atoms with E-state index in [0.717, 1.165) is 9.87 Å². The maximum absolute atomic E-state index is 14.1. The smallest absolute Gasteiger partial charge is 0.264 e. The number of carbonyl (C=O) groups excluding carboxylic acids is 2. The van der Waals surface area contributed by atoms with Crippen molar-refractivity contribution in [1.82, 2.24) is 10.2 Å². The number of nitrogens with zero attached hydrogens (tertiary/aromatic N) is 2. The normalized spacial score (nSPS) is 12.8. The Bertz CT molecular complexity index is 1420. The van der Waals surface area contributed by atoms with Crippen LogP contribution < -0.4 is 9.62 Å². The molecular formula is C29H32Cl3N3O4S. The van der Waals surface area contributed by atoms with Crippen LogP contribution >= 0.6 is 34.8 Å². The van der Waals surface area contributed by atoms with E-state index in [1.807, 2.05) is 13.8 Å². The van der Waals surface area contributed by atoms with Crippen LogP contribution in [0.1, 0.15) is 39.2 Å². The molecule has 3 aromatic rings. The number of carbonyl (C=O) groups is 2. The maximum atomic E-state index is 14.1. The van der Waals surface area contributed by atoms with Crippen molar-refractivity contribution in [1.29, 1.82) is 0 Å². The third kappa shape index (κ3) is 7.91. The minimum Gasteiger partial charge on any atom is -0.352 e. The number of benzene rings is 3. The Labute approximate surface area is 251 Å². The molecule has 3 rings (SSSR count). The van der Waals surface area contributed by atoms with Crippen LogP contribution in [0.4, 0.5) is 5.69 Å². The molecule has 0 radical (unpaired) electrons. The van der Waals surface area contributed by atoms with Crippen molar-refractivity contribution in [2.45, 2.75) is 57.1 Å². The molecule has 2 amide bonds. The summed E-state index contributed by atoms with van der Waals surface area (Å²) in [6, 6.07) is 18.1. The Morgan fingerprint density at radius 3 is 2.08 bits per heavy atom. The van der Waals surface area contributed by atoms with E-state index < -0.39 is 28.5 Å². The monoisotopic (exact) mass is 623 g/mol. The molecule has 2 atom stereocenters. The fourth-order valence-electron chi connectivity index (χ4n) is 4.06. The van der Waals surface area contributed by atoms with Crippen molar-refractivity contribution in [3.8, 4) is 0 Å². The van der Waals surface area contributed by atoms with Gasteiger partial charge in [-0.2, -0.15) is 0 Å². The molecule has 0 aliphatic heterocycles. The molecule has 0 bridgehead atoms. The summed E-state index contributed by atoms with van der Waals surface area (Å²) in [5.74, 6) is -0.896. The second-order valence-corrected chi connectivity index (χ2v) is 12.5. The van der Waals surface area contributed by atoms with Crippen molar-refractivity contribution >= 4 is 62.3 Å². The number of hydrogen-bond acceptors (Lipinski definition) is 4. The molecule has 0 unspecified atom stereocenters. The molecule has 0 spiro atoms. The van der Waals surface area contributed by atoms with Crippen LogP contribution in [0.2, 0.25) is 15.1 Å². The van der Waals surface area contributed by atoms with Gasteiger partial charge in [0.05, 0.1) is 15.6 Å². The Balaban J connectivity index is 2.07. The summed E-state index contributed by atoms with van der Waals surface area (Å²) < 4.78 is 28.7. The first-order valence-corrected chi connectivity index (χ1v) is 15.4. The fourth-order valence-corrected chi connectivity index (χ4v) is 6.20. The summed E-state index contributed by atoms with van der Waals surface area (Å²) in [4.78, 5) is 28.8. The molecule has 0 aromatic heterocycles. The van der Waals surface area contributed by atoms with Gasteiger partial charge in [-0.25, -0.2) is 8.42 Å². The summed E-state index contributed by atoms with van der Waals surface area (Å²) >= 11 is 18.6. The molecule has 7 nitrogen and oxygen atoms in total. The molecule has 0 fully saturated rings. The van der Waals surface area contributed by atoms with E-state index in [4.69, 9.17) is 34.8 Å². The quantitative estimate of drug-likeness (QED) is 0.247. The highest BCUT2D eigenvalue weighted by Gasteiger charge is 2.34. The first-order valence-electron chi connectivity index (χ1n) is 12.8. The lowest BCUT2D eigenvalue weighted by molar-refractivity contribution is -0.140. The lowest BCUT2D eigenvalue weighted by atomic mass is 10.1. The van der Waals surface area contributed by atoms with E-state index in [1.165, 1.54) is 35.2 Å². The van der Waals surface area contributed by atoms with E-state index >= 15 is 0 Å². The molecule has 0 aliphatic carbocycles. The minimum atomic E-state index is -4.23. The van der Waals surface area contributed by atoms with Crippen LogP contribution in [-0.2, 0) is 26.2 Å². The van der Waals surface area contributed by atoms with Gasteiger partial charge >= 0.3 is 0 Å². The van der Waals surface area contributed by atoms with Gasteiger partial charge in [-0.3, -0.25) is 13.9 Å². The zero-order valence-corrected chi connectivity index (χ0v) is 25.6. The zero-order chi connectivity index (χ0) is 29.4. The van der Waals surface area contributed by atoms with Crippen LogP contribution in [-0.4, -0.2) is 43.8 Å². The third-order valence-corrected chi connectivity index (χ3v) is 9.01. The average molecular weight is 625 g/mol. The maximum Gasteiger partial charge on any atom is 0.264 e. The lowest BCUT2D eigenvalue weighted by Crippen LogP contribution is -2.53. The number of anilines is 1. The van der Waals surface area contributed by atoms with Crippen molar-refractivity contribution in [3.05, 3.63) is 93.4 Å². The number of nitrogens with one attached hydrogen (secondary N) is 1. The standard InChI is InChI=1S/C29H32Cl3N3O4S/c1-4-20(3)33-29(37)26(5-2)34(18-21-11-13-22(30)14-12-21)28(36)19-35(27-16-15-23(31)17-25(27)32)40(38,39)24-9-7-6-8-10-24/h6-17,20,26H,4-5,18-19H2,1-3H3,(H,33,37)/t20-,26+/m1/s1. The van der Waals surface area contributed by atoms with Gasteiger partial charge in [-0.1, -0.05) is 79.0 Å². The Hall–Kier alpha value is -2.78. The second kappa shape index (κ2) is 14.2. The summed E-state index contributed by atoms with van der Waals surface area (Å²) in [6.07, 6.45) is 1.03. The topological polar surface area (TPSA) is 86.8 Å². The highest BCUT2D eigenvalue weighted by molar-refractivity contribution is 7.92. The molecule has 40 heavy (non-hydrogen) atoms. The predicted octanol–water partition coefficient (Wildman–Crippen LogP) is 6.56. The summed E-state index contributed by atoms with van der Waals surface area (Å²) in [7, 11) is -4.23. The van der Waals surface area contributed by atoms with E-state index in [9.17, 15) is 18.0 Å². The molecular weight excluding hydrogens is 593 g/mol. The summed E-state index contributed by atoms with van der Waals surface area (Å²) in [5.41, 5.74) is 0.821. The molecule has 0 saturated heterocycles. The van der Waals surface area contributed by atoms with Crippen LogP contribution in [0.5, 0.6) is 0 Å². The van der Waals surface area contributed by atoms with E-state index in [-0.39, 0.29) is 34.1 Å². The van der Waals surface area contributed by atoms with Gasteiger partial charge in [0.15, 0.2) is 0 Å². The van der Waals surface area contributed by atoms with E-state index in [0.29, 0.717) is 22.9 Å². The molecule has 1 N–H and O–H groups in total. The number of sulfonamides is 1. The van der Waals surface area contributed by atoms with E-state index in [2.05, 4.69) is 5.32 Å². The van der Waals surface area contributed by atoms with Crippen molar-refractivity contribution in [2.75, 3.05) is 10.8 Å². The zero-order valence-electron chi connectivity index (χ0n) is 22.5. The van der Waals surface area contributed by atoms with Gasteiger partial charge in [0.1, 0.15) is 12.6 Å². The highest BCUT2D eigenvalue weighted by Crippen LogP contribution is 2.33. The van der Waals surface area contributed by atoms with Gasteiger partial charge in [0.2, 0.25) is 11.8 Å². The molecule has 3 aromatic carbocycles. The molecule has 214 valence electrons. The first kappa shape index (κ1) is 31.7. The SMILES string of the molecule is CC[C@@H](C)NC(=O)[C@H](CC)N(Cc1ccc(Cl)cc1)C(=O)CN(c1ccc(Cl)cc1Cl)S(=O)(=O)c1ccccc1. The molecule has 0 aliphatic rings. The number of rotatable bonds is 12. The number of amides is 2. The summed E-state index contributed by atoms with van der Waals surface area (Å²) in [6.45, 7) is 5.10. The predicted molar refractivity (Wildman–Crippen MR) is 161 cm³/mol. The van der Waals surface area contributed by atoms with Gasteiger partial charge < -0.3 is 10.2 Å². The lowest BCUT2D eigenvalue weighted by Gasteiger charge is -2.34. The third-order valence-electron chi connectivity index (χ3n) is 6.44. The van der Waals surface area contributed by atoms with Crippen molar-refractivity contribution < 1.29 is 18.0 Å².